The predicted octanol–water partition coefficient (Wildman–Crippen LogP) is 6.84. The van der Waals surface area contributed by atoms with E-state index in [0.717, 1.165) is 37.3 Å². The normalized spacial score (nSPS) is 24.8. The standard InChI is InChI=1S/C28H30F6O5/c1-2-3-4-5-15-6-16-8-21(29)20(10-23(16)35-11-15)19-13-37-27(38-14-19)18-7-17-9-22(30)26(39-28(32,33)34)24(31)25(17)36-12-18/h8-10,15,18-19,27H,2-7,11-14H2,1H3/t15?,18-,19?,27?/m1/s1. The third-order valence-corrected chi connectivity index (χ3v) is 7.48. The Morgan fingerprint density at radius 1 is 0.872 bits per heavy atom. The van der Waals surface area contributed by atoms with Crippen molar-refractivity contribution in [2.75, 3.05) is 26.4 Å². The van der Waals surface area contributed by atoms with E-state index in [0.29, 0.717) is 23.8 Å². The number of hydrogen-bond donors (Lipinski definition) is 0. The van der Waals surface area contributed by atoms with Crippen molar-refractivity contribution < 1.29 is 50.0 Å². The molecule has 2 aromatic rings. The molecule has 0 bridgehead atoms. The molecule has 39 heavy (non-hydrogen) atoms. The lowest BCUT2D eigenvalue weighted by atomic mass is 9.89. The van der Waals surface area contributed by atoms with Gasteiger partial charge >= 0.3 is 6.36 Å². The van der Waals surface area contributed by atoms with E-state index in [1.165, 1.54) is 12.5 Å². The summed E-state index contributed by atoms with van der Waals surface area (Å²) in [6.45, 7) is 2.92. The highest BCUT2D eigenvalue weighted by molar-refractivity contribution is 5.45. The fourth-order valence-electron chi connectivity index (χ4n) is 5.49. The van der Waals surface area contributed by atoms with Crippen LogP contribution >= 0.6 is 0 Å². The van der Waals surface area contributed by atoms with Gasteiger partial charge in [-0.05, 0) is 54.5 Å². The van der Waals surface area contributed by atoms with Gasteiger partial charge in [0.05, 0.1) is 26.4 Å². The minimum absolute atomic E-state index is 0.0379. The first kappa shape index (κ1) is 27.9. The molecule has 1 unspecified atom stereocenters. The highest BCUT2D eigenvalue weighted by atomic mass is 19.4. The number of halogens is 6. The Kier molecular flexibility index (Phi) is 8.19. The lowest BCUT2D eigenvalue weighted by Crippen LogP contribution is -2.41. The zero-order valence-corrected chi connectivity index (χ0v) is 21.4. The third-order valence-electron chi connectivity index (χ3n) is 7.48. The molecular weight excluding hydrogens is 530 g/mol. The Morgan fingerprint density at radius 3 is 2.33 bits per heavy atom. The van der Waals surface area contributed by atoms with E-state index in [-0.39, 0.29) is 43.5 Å². The van der Waals surface area contributed by atoms with Gasteiger partial charge in [0.2, 0.25) is 11.6 Å². The highest BCUT2D eigenvalue weighted by Crippen LogP contribution is 2.41. The first-order valence-electron chi connectivity index (χ1n) is 13.2. The molecule has 0 radical (unpaired) electrons. The van der Waals surface area contributed by atoms with Crippen LogP contribution in [-0.2, 0) is 22.3 Å². The van der Waals surface area contributed by atoms with Crippen molar-refractivity contribution in [3.63, 3.8) is 0 Å². The number of benzene rings is 2. The van der Waals surface area contributed by atoms with Crippen molar-refractivity contribution in [2.24, 2.45) is 11.8 Å². The Labute approximate surface area is 222 Å². The summed E-state index contributed by atoms with van der Waals surface area (Å²) in [6.07, 6.45) is -0.720. The van der Waals surface area contributed by atoms with Gasteiger partial charge in [0.25, 0.3) is 0 Å². The summed E-state index contributed by atoms with van der Waals surface area (Å²) in [4.78, 5) is 0. The van der Waals surface area contributed by atoms with Crippen LogP contribution in [0.4, 0.5) is 26.3 Å². The summed E-state index contributed by atoms with van der Waals surface area (Å²) in [5, 5.41) is 0. The fourth-order valence-corrected chi connectivity index (χ4v) is 5.49. The molecule has 5 nitrogen and oxygen atoms in total. The van der Waals surface area contributed by atoms with E-state index in [9.17, 15) is 22.0 Å². The molecule has 1 fully saturated rings. The smallest absolute Gasteiger partial charge is 0.493 e. The summed E-state index contributed by atoms with van der Waals surface area (Å²) in [5.74, 6) is -5.25. The molecule has 11 heteroatoms. The maximum atomic E-state index is 15.1. The third kappa shape index (κ3) is 6.24. The monoisotopic (exact) mass is 560 g/mol. The van der Waals surface area contributed by atoms with Crippen molar-refractivity contribution in [3.05, 3.63) is 52.3 Å². The maximum absolute atomic E-state index is 15.1. The van der Waals surface area contributed by atoms with Crippen LogP contribution in [0.5, 0.6) is 17.2 Å². The molecule has 3 aliphatic rings. The van der Waals surface area contributed by atoms with Gasteiger partial charge in [-0.1, -0.05) is 26.2 Å². The van der Waals surface area contributed by atoms with Crippen molar-refractivity contribution in [2.45, 2.75) is 64.0 Å². The molecule has 0 N–H and O–H groups in total. The molecule has 3 heterocycles. The quantitative estimate of drug-likeness (QED) is 0.274. The molecule has 0 spiro atoms. The number of ether oxygens (including phenoxy) is 5. The average Bonchev–Trinajstić information content (AvgIpc) is 2.90. The molecular formula is C28H30F6O5. The van der Waals surface area contributed by atoms with Crippen molar-refractivity contribution >= 4 is 0 Å². The largest absolute Gasteiger partial charge is 0.573 e. The molecule has 0 saturated carbocycles. The lowest BCUT2D eigenvalue weighted by Gasteiger charge is -2.37. The minimum atomic E-state index is -5.26. The Hall–Kier alpha value is -2.66. The van der Waals surface area contributed by atoms with Gasteiger partial charge in [-0.3, -0.25) is 0 Å². The van der Waals surface area contributed by atoms with Crippen molar-refractivity contribution in [3.8, 4) is 17.2 Å². The molecule has 0 aliphatic carbocycles. The summed E-state index contributed by atoms with van der Waals surface area (Å²) in [6, 6.07) is 4.01. The highest BCUT2D eigenvalue weighted by Gasteiger charge is 2.39. The van der Waals surface area contributed by atoms with E-state index in [4.69, 9.17) is 18.9 Å². The second-order valence-corrected chi connectivity index (χ2v) is 10.4. The van der Waals surface area contributed by atoms with Gasteiger partial charge in [0.15, 0.2) is 17.9 Å². The van der Waals surface area contributed by atoms with Crippen LogP contribution in [0.2, 0.25) is 0 Å². The zero-order valence-electron chi connectivity index (χ0n) is 21.4. The van der Waals surface area contributed by atoms with Crippen LogP contribution < -0.4 is 14.2 Å². The molecule has 3 aliphatic heterocycles. The SMILES string of the molecule is CCCCCC1COc2cc(C3COC([C@H]4COc5c(cc(F)c(OC(F)(F)F)c5F)C4)OC3)c(F)cc2C1. The van der Waals surface area contributed by atoms with Gasteiger partial charge in [-0.15, -0.1) is 13.2 Å². The molecule has 5 rings (SSSR count). The van der Waals surface area contributed by atoms with E-state index in [1.807, 2.05) is 0 Å². The van der Waals surface area contributed by atoms with Gasteiger partial charge in [0, 0.05) is 17.4 Å². The van der Waals surface area contributed by atoms with Crippen LogP contribution in [0, 0.1) is 29.3 Å². The van der Waals surface area contributed by atoms with Gasteiger partial charge in [-0.2, -0.15) is 4.39 Å². The number of fused-ring (bicyclic) bond motifs is 2. The van der Waals surface area contributed by atoms with Crippen molar-refractivity contribution in [1.82, 2.24) is 0 Å². The average molecular weight is 561 g/mol. The molecule has 2 atom stereocenters. The Balaban J connectivity index is 1.20. The van der Waals surface area contributed by atoms with Crippen LogP contribution in [-0.4, -0.2) is 39.1 Å². The predicted molar refractivity (Wildman–Crippen MR) is 127 cm³/mol. The van der Waals surface area contributed by atoms with Crippen LogP contribution in [0.25, 0.3) is 0 Å². The van der Waals surface area contributed by atoms with Gasteiger partial charge in [-0.25, -0.2) is 8.78 Å². The summed E-state index contributed by atoms with van der Waals surface area (Å²) < 4.78 is 108. The Morgan fingerprint density at radius 2 is 1.62 bits per heavy atom. The second-order valence-electron chi connectivity index (χ2n) is 10.4. The minimum Gasteiger partial charge on any atom is -0.493 e. The lowest BCUT2D eigenvalue weighted by molar-refractivity contribution is -0.276. The summed E-state index contributed by atoms with van der Waals surface area (Å²) >= 11 is 0. The van der Waals surface area contributed by atoms with Gasteiger partial charge in [0.1, 0.15) is 11.6 Å². The fraction of sp³-hybridized carbons (Fsp3) is 0.571. The van der Waals surface area contributed by atoms with E-state index in [1.54, 1.807) is 6.07 Å². The molecule has 0 amide bonds. The van der Waals surface area contributed by atoms with E-state index >= 15 is 4.39 Å². The number of hydrogen-bond acceptors (Lipinski definition) is 5. The molecule has 1 saturated heterocycles. The number of rotatable bonds is 7. The summed E-state index contributed by atoms with van der Waals surface area (Å²) in [5.41, 5.74) is 1.33. The van der Waals surface area contributed by atoms with Gasteiger partial charge < -0.3 is 23.7 Å². The Bertz CT molecular complexity index is 1180. The van der Waals surface area contributed by atoms with E-state index in [2.05, 4.69) is 11.7 Å². The molecule has 0 aromatic heterocycles. The van der Waals surface area contributed by atoms with Crippen LogP contribution in [0.3, 0.4) is 0 Å². The van der Waals surface area contributed by atoms with Crippen molar-refractivity contribution in [1.29, 1.82) is 0 Å². The van der Waals surface area contributed by atoms with Crippen LogP contribution in [0.15, 0.2) is 18.2 Å². The van der Waals surface area contributed by atoms with Crippen LogP contribution in [0.1, 0.15) is 55.2 Å². The summed E-state index contributed by atoms with van der Waals surface area (Å²) in [7, 11) is 0. The first-order valence-corrected chi connectivity index (χ1v) is 13.2. The number of unbranched alkanes of at least 4 members (excludes halogenated alkanes) is 2. The second kappa shape index (κ2) is 11.4. The molecule has 2 aromatic carbocycles. The zero-order chi connectivity index (χ0) is 27.7. The first-order chi connectivity index (χ1) is 18.6. The molecule has 214 valence electrons. The maximum Gasteiger partial charge on any atom is 0.573 e. The number of alkyl halides is 3. The van der Waals surface area contributed by atoms with E-state index < -0.39 is 41.7 Å². The topological polar surface area (TPSA) is 46.2 Å².